The van der Waals surface area contributed by atoms with Gasteiger partial charge in [-0.15, -0.1) is 11.3 Å². The number of hydrogen-bond donors (Lipinski definition) is 0. The van der Waals surface area contributed by atoms with E-state index < -0.39 is 5.79 Å². The molecule has 2 nitrogen and oxygen atoms in total. The molecule has 0 atom stereocenters. The van der Waals surface area contributed by atoms with Crippen molar-refractivity contribution in [3.63, 3.8) is 0 Å². The highest BCUT2D eigenvalue weighted by atomic mass is 79.9. The Morgan fingerprint density at radius 2 is 1.38 bits per heavy atom. The first-order chi connectivity index (χ1) is 14.2. The highest BCUT2D eigenvalue weighted by Crippen LogP contribution is 2.42. The third-order valence-corrected chi connectivity index (χ3v) is 6.79. The van der Waals surface area contributed by atoms with E-state index in [0.717, 1.165) is 31.6 Å². The fourth-order valence-electron chi connectivity index (χ4n) is 3.65. The summed E-state index contributed by atoms with van der Waals surface area (Å²) in [5, 5.41) is 2.09. The molecule has 0 saturated carbocycles. The molecule has 1 aromatic heterocycles. The second kappa shape index (κ2) is 8.64. The Morgan fingerprint density at radius 3 is 2.00 bits per heavy atom. The zero-order chi connectivity index (χ0) is 20.3. The maximum atomic E-state index is 6.04. The fraction of sp³-hybridized carbons (Fsp3) is 0.120. The largest absolute Gasteiger partial charge is 0.346 e. The predicted octanol–water partition coefficient (Wildman–Crippen LogP) is 7.34. The van der Waals surface area contributed by atoms with E-state index in [1.54, 1.807) is 25.6 Å². The number of rotatable bonds is 6. The van der Waals surface area contributed by atoms with Gasteiger partial charge in [-0.05, 0) is 33.1 Å². The normalized spacial score (nSPS) is 11.6. The number of halogens is 1. The van der Waals surface area contributed by atoms with Crippen LogP contribution < -0.4 is 0 Å². The van der Waals surface area contributed by atoms with Crippen LogP contribution in [0.25, 0.3) is 21.6 Å². The van der Waals surface area contributed by atoms with E-state index in [-0.39, 0.29) is 0 Å². The van der Waals surface area contributed by atoms with Gasteiger partial charge in [0.05, 0.1) is 0 Å². The molecule has 0 aliphatic carbocycles. The Kier molecular flexibility index (Phi) is 5.97. The van der Waals surface area contributed by atoms with Gasteiger partial charge in [0.1, 0.15) is 0 Å². The summed E-state index contributed by atoms with van der Waals surface area (Å²) in [6, 6.07) is 29.1. The molecular formula is C25H21BrO2S. The predicted molar refractivity (Wildman–Crippen MR) is 124 cm³/mol. The van der Waals surface area contributed by atoms with Crippen molar-refractivity contribution in [2.75, 3.05) is 14.2 Å². The van der Waals surface area contributed by atoms with Gasteiger partial charge in [0.15, 0.2) is 0 Å². The van der Waals surface area contributed by atoms with Gasteiger partial charge >= 0.3 is 0 Å². The molecule has 0 saturated heterocycles. The third kappa shape index (κ3) is 3.81. The highest BCUT2D eigenvalue weighted by Gasteiger charge is 2.37. The Hall–Kier alpha value is -2.24. The number of benzene rings is 3. The summed E-state index contributed by atoms with van der Waals surface area (Å²) in [5.41, 5.74) is 5.37. The van der Waals surface area contributed by atoms with E-state index in [1.807, 2.05) is 30.3 Å². The highest BCUT2D eigenvalue weighted by molar-refractivity contribution is 9.10. The Labute approximate surface area is 183 Å². The molecule has 0 spiro atoms. The van der Waals surface area contributed by atoms with Crippen LogP contribution in [-0.2, 0) is 15.3 Å². The second-order valence-corrected chi connectivity index (χ2v) is 8.47. The molecule has 146 valence electrons. The molecule has 4 rings (SSSR count). The minimum Gasteiger partial charge on any atom is -0.346 e. The summed E-state index contributed by atoms with van der Waals surface area (Å²) in [6.07, 6.45) is 0. The maximum absolute atomic E-state index is 6.04. The Bertz CT molecular complexity index is 1080. The second-order valence-electron chi connectivity index (χ2n) is 6.64. The lowest BCUT2D eigenvalue weighted by Crippen LogP contribution is -2.32. The van der Waals surface area contributed by atoms with Crippen molar-refractivity contribution in [1.29, 1.82) is 0 Å². The van der Waals surface area contributed by atoms with Crippen LogP contribution in [0.5, 0.6) is 0 Å². The molecule has 0 amide bonds. The first-order valence-electron chi connectivity index (χ1n) is 9.28. The lowest BCUT2D eigenvalue weighted by Gasteiger charge is -2.33. The lowest BCUT2D eigenvalue weighted by atomic mass is 9.91. The van der Waals surface area contributed by atoms with Crippen LogP contribution in [-0.4, -0.2) is 14.2 Å². The van der Waals surface area contributed by atoms with Crippen LogP contribution in [0.1, 0.15) is 11.1 Å². The van der Waals surface area contributed by atoms with Crippen LogP contribution in [0.2, 0.25) is 0 Å². The smallest absolute Gasteiger partial charge is 0.222 e. The zero-order valence-corrected chi connectivity index (χ0v) is 18.7. The quantitative estimate of drug-likeness (QED) is 0.278. The van der Waals surface area contributed by atoms with Crippen molar-refractivity contribution in [3.8, 4) is 21.6 Å². The summed E-state index contributed by atoms with van der Waals surface area (Å²) in [6.45, 7) is 0. The van der Waals surface area contributed by atoms with E-state index >= 15 is 0 Å². The average Bonchev–Trinajstić information content (AvgIpc) is 3.23. The number of ether oxygens (including phenoxy) is 2. The van der Waals surface area contributed by atoms with Crippen LogP contribution in [0.15, 0.2) is 94.8 Å². The first-order valence-corrected chi connectivity index (χ1v) is 11.0. The summed E-state index contributed by atoms with van der Waals surface area (Å²) in [7, 11) is 3.38. The number of thiophene rings is 1. The van der Waals surface area contributed by atoms with Crippen molar-refractivity contribution < 1.29 is 9.47 Å². The molecule has 29 heavy (non-hydrogen) atoms. The fourth-order valence-corrected chi connectivity index (χ4v) is 5.11. The van der Waals surface area contributed by atoms with Gasteiger partial charge < -0.3 is 9.47 Å². The van der Waals surface area contributed by atoms with Gasteiger partial charge in [0.25, 0.3) is 0 Å². The van der Waals surface area contributed by atoms with Crippen molar-refractivity contribution in [2.24, 2.45) is 0 Å². The van der Waals surface area contributed by atoms with Crippen molar-refractivity contribution in [1.82, 2.24) is 0 Å². The minimum atomic E-state index is -0.998. The summed E-state index contributed by atoms with van der Waals surface area (Å²) >= 11 is 5.25. The van der Waals surface area contributed by atoms with Crippen LogP contribution in [0, 0.1) is 0 Å². The third-order valence-electron chi connectivity index (χ3n) is 5.06. The van der Waals surface area contributed by atoms with E-state index in [4.69, 9.17) is 9.47 Å². The topological polar surface area (TPSA) is 18.5 Å². The molecule has 4 heteroatoms. The van der Waals surface area contributed by atoms with E-state index in [9.17, 15) is 0 Å². The molecule has 0 aliphatic heterocycles. The standard InChI is InChI=1S/C25H21BrO2S/c1-27-25(28-2,20-14-12-19(13-15-20)18-8-4-3-5-9-18)23-11-7-6-10-22(23)24-16-21(26)17-29-24/h3-17H,1-2H3. The SMILES string of the molecule is COC(OC)(c1ccc(-c2ccccc2)cc1)c1ccccc1-c1cc(Br)cs1. The molecule has 0 radical (unpaired) electrons. The van der Waals surface area contributed by atoms with Crippen molar-refractivity contribution >= 4 is 27.3 Å². The molecule has 0 bridgehead atoms. The molecule has 0 N–H and O–H groups in total. The molecular weight excluding hydrogens is 444 g/mol. The zero-order valence-electron chi connectivity index (χ0n) is 16.3. The van der Waals surface area contributed by atoms with Crippen molar-refractivity contribution in [2.45, 2.75) is 5.79 Å². The molecule has 1 heterocycles. The number of hydrogen-bond acceptors (Lipinski definition) is 3. The van der Waals surface area contributed by atoms with Gasteiger partial charge in [0, 0.05) is 45.6 Å². The van der Waals surface area contributed by atoms with Crippen LogP contribution >= 0.6 is 27.3 Å². The first kappa shape index (κ1) is 20.0. The van der Waals surface area contributed by atoms with Crippen LogP contribution in [0.3, 0.4) is 0 Å². The summed E-state index contributed by atoms with van der Waals surface area (Å²) in [5.74, 6) is -0.998. The van der Waals surface area contributed by atoms with Crippen molar-refractivity contribution in [3.05, 3.63) is 106 Å². The molecule has 3 aromatic carbocycles. The van der Waals surface area contributed by atoms with E-state index in [1.165, 1.54) is 5.56 Å². The van der Waals surface area contributed by atoms with E-state index in [0.29, 0.717) is 0 Å². The molecule has 0 aliphatic rings. The van der Waals surface area contributed by atoms with Gasteiger partial charge in [-0.3, -0.25) is 0 Å². The van der Waals surface area contributed by atoms with Gasteiger partial charge in [-0.1, -0.05) is 78.9 Å². The Morgan fingerprint density at radius 1 is 0.759 bits per heavy atom. The minimum absolute atomic E-state index is 0.949. The van der Waals surface area contributed by atoms with Gasteiger partial charge in [0.2, 0.25) is 5.79 Å². The molecule has 0 unspecified atom stereocenters. The average molecular weight is 465 g/mol. The molecule has 4 aromatic rings. The summed E-state index contributed by atoms with van der Waals surface area (Å²) < 4.78 is 13.2. The number of methoxy groups -OCH3 is 2. The van der Waals surface area contributed by atoms with Crippen LogP contribution in [0.4, 0.5) is 0 Å². The maximum Gasteiger partial charge on any atom is 0.222 e. The van der Waals surface area contributed by atoms with Gasteiger partial charge in [-0.2, -0.15) is 0 Å². The molecule has 0 fully saturated rings. The Balaban J connectivity index is 1.82. The lowest BCUT2D eigenvalue weighted by molar-refractivity contribution is -0.183. The summed E-state index contributed by atoms with van der Waals surface area (Å²) in [4.78, 5) is 1.16. The van der Waals surface area contributed by atoms with E-state index in [2.05, 4.69) is 75.9 Å². The monoisotopic (exact) mass is 464 g/mol. The van der Waals surface area contributed by atoms with Gasteiger partial charge in [-0.25, -0.2) is 0 Å².